The van der Waals surface area contributed by atoms with E-state index in [2.05, 4.69) is 4.74 Å². The van der Waals surface area contributed by atoms with E-state index in [1.54, 1.807) is 0 Å². The highest BCUT2D eigenvalue weighted by Gasteiger charge is 2.26. The lowest BCUT2D eigenvalue weighted by Crippen LogP contribution is -2.06. The van der Waals surface area contributed by atoms with Crippen LogP contribution in [0.5, 0.6) is 0 Å². The molecule has 18 heavy (non-hydrogen) atoms. The summed E-state index contributed by atoms with van der Waals surface area (Å²) < 4.78 is 31.3. The number of carbonyl (C=O) groups excluding carboxylic acids is 1. The Morgan fingerprint density at radius 1 is 1.06 bits per heavy atom. The zero-order valence-electron chi connectivity index (χ0n) is 10.7. The molecule has 0 bridgehead atoms. The summed E-state index contributed by atoms with van der Waals surface area (Å²) in [6.45, 7) is 3.91. The number of ether oxygens (including phenoxy) is 1. The van der Waals surface area contributed by atoms with Gasteiger partial charge in [-0.15, -0.1) is 0 Å². The highest BCUT2D eigenvalue weighted by atomic mass is 35.5. The van der Waals surface area contributed by atoms with Gasteiger partial charge in [-0.25, -0.2) is 13.9 Å². The molecular formula is C10H20ClO6P. The molecule has 0 N–H and O–H groups in total. The number of carbonyl (C=O) groups is 1. The fourth-order valence-electron chi connectivity index (χ4n) is 0.890. The van der Waals surface area contributed by atoms with Crippen molar-refractivity contribution in [2.75, 3.05) is 20.0 Å². The largest absolute Gasteiger partial charge is 0.477 e. The molecule has 0 rings (SSSR count). The Morgan fingerprint density at radius 2 is 1.56 bits per heavy atom. The van der Waals surface area contributed by atoms with E-state index in [1.807, 2.05) is 13.8 Å². The summed E-state index contributed by atoms with van der Waals surface area (Å²) in [5, 5.41) is 0. The van der Waals surface area contributed by atoms with E-state index >= 15 is 0 Å². The van der Waals surface area contributed by atoms with Gasteiger partial charge in [0.2, 0.25) is 6.79 Å². The smallest absolute Gasteiger partial charge is 0.426 e. The molecular weight excluding hydrogens is 283 g/mol. The number of hydrogen-bond acceptors (Lipinski definition) is 6. The molecule has 0 aromatic heterocycles. The number of phosphoric ester groups is 1. The van der Waals surface area contributed by atoms with Crippen LogP contribution in [0, 0.1) is 0 Å². The van der Waals surface area contributed by atoms with E-state index in [1.165, 1.54) is 0 Å². The quantitative estimate of drug-likeness (QED) is 0.248. The maximum absolute atomic E-state index is 12.0. The van der Waals surface area contributed by atoms with Crippen molar-refractivity contribution < 1.29 is 27.7 Å². The summed E-state index contributed by atoms with van der Waals surface area (Å²) in [6, 6.07) is 0. The minimum atomic E-state index is -3.67. The maximum atomic E-state index is 12.0. The van der Waals surface area contributed by atoms with Crippen LogP contribution in [-0.2, 0) is 22.9 Å². The minimum absolute atomic E-state index is 0.259. The predicted octanol–water partition coefficient (Wildman–Crippen LogP) is 4.08. The summed E-state index contributed by atoms with van der Waals surface area (Å²) in [5.41, 5.74) is -1.04. The Morgan fingerprint density at radius 3 is 1.94 bits per heavy atom. The van der Waals surface area contributed by atoms with Crippen molar-refractivity contribution in [2.24, 2.45) is 0 Å². The SMILES string of the molecule is CCCCOP(=O)(OCCCC)OCOC(=O)Cl. The standard InChI is InChI=1S/C10H20ClO6P/c1-3-5-7-15-18(13,16-8-6-4-2)17-9-14-10(11)12/h3-9H2,1-2H3. The Kier molecular flexibility index (Phi) is 10.7. The third-order valence-corrected chi connectivity index (χ3v) is 3.41. The van der Waals surface area contributed by atoms with E-state index in [4.69, 9.17) is 25.2 Å². The van der Waals surface area contributed by atoms with E-state index in [9.17, 15) is 9.36 Å². The molecule has 0 saturated heterocycles. The molecule has 0 fully saturated rings. The molecule has 0 spiro atoms. The molecule has 0 heterocycles. The summed E-state index contributed by atoms with van der Waals surface area (Å²) in [7, 11) is -3.67. The Hall–Kier alpha value is -0.130. The van der Waals surface area contributed by atoms with Crippen molar-refractivity contribution in [1.29, 1.82) is 0 Å². The van der Waals surface area contributed by atoms with E-state index in [0.29, 0.717) is 0 Å². The van der Waals surface area contributed by atoms with Crippen molar-refractivity contribution in [3.05, 3.63) is 0 Å². The predicted molar refractivity (Wildman–Crippen MR) is 67.6 cm³/mol. The molecule has 0 aliphatic heterocycles. The van der Waals surface area contributed by atoms with Gasteiger partial charge >= 0.3 is 13.3 Å². The van der Waals surface area contributed by atoms with Crippen molar-refractivity contribution in [1.82, 2.24) is 0 Å². The van der Waals surface area contributed by atoms with Crippen molar-refractivity contribution in [2.45, 2.75) is 39.5 Å². The first-order valence-corrected chi connectivity index (χ1v) is 7.73. The lowest BCUT2D eigenvalue weighted by Gasteiger charge is -2.17. The van der Waals surface area contributed by atoms with Crippen LogP contribution in [0.25, 0.3) is 0 Å². The van der Waals surface area contributed by atoms with E-state index in [0.717, 1.165) is 25.7 Å². The Balaban J connectivity index is 4.11. The lowest BCUT2D eigenvalue weighted by atomic mass is 10.4. The van der Waals surface area contributed by atoms with E-state index < -0.39 is 20.0 Å². The molecule has 0 atom stereocenters. The number of hydrogen-bond donors (Lipinski definition) is 0. The van der Waals surface area contributed by atoms with Gasteiger partial charge < -0.3 is 4.74 Å². The van der Waals surface area contributed by atoms with Crippen LogP contribution in [0.15, 0.2) is 0 Å². The van der Waals surface area contributed by atoms with Crippen molar-refractivity contribution in [3.63, 3.8) is 0 Å². The molecule has 0 aromatic rings. The van der Waals surface area contributed by atoms with Gasteiger partial charge in [0.1, 0.15) is 0 Å². The molecule has 0 radical (unpaired) electrons. The van der Waals surface area contributed by atoms with Crippen molar-refractivity contribution >= 4 is 24.9 Å². The average molecular weight is 303 g/mol. The molecule has 6 nitrogen and oxygen atoms in total. The van der Waals surface area contributed by atoms with Gasteiger partial charge in [-0.05, 0) is 12.8 Å². The second-order valence-electron chi connectivity index (χ2n) is 3.45. The summed E-state index contributed by atoms with van der Waals surface area (Å²) in [6.07, 6.45) is 3.26. The van der Waals surface area contributed by atoms with Crippen molar-refractivity contribution in [3.8, 4) is 0 Å². The van der Waals surface area contributed by atoms with Crippen LogP contribution < -0.4 is 0 Å². The van der Waals surface area contributed by atoms with Crippen LogP contribution in [0.3, 0.4) is 0 Å². The highest BCUT2D eigenvalue weighted by Crippen LogP contribution is 2.49. The molecule has 0 aliphatic rings. The number of halogens is 1. The minimum Gasteiger partial charge on any atom is -0.426 e. The van der Waals surface area contributed by atoms with Gasteiger partial charge in [0, 0.05) is 11.6 Å². The first-order chi connectivity index (χ1) is 8.54. The third-order valence-electron chi connectivity index (χ3n) is 1.88. The lowest BCUT2D eigenvalue weighted by molar-refractivity contribution is 0.0299. The van der Waals surface area contributed by atoms with Crippen LogP contribution in [-0.4, -0.2) is 25.4 Å². The van der Waals surface area contributed by atoms with Crippen LogP contribution in [0.4, 0.5) is 4.79 Å². The number of rotatable bonds is 11. The summed E-state index contributed by atoms with van der Waals surface area (Å²) >= 11 is 4.95. The van der Waals surface area contributed by atoms with Gasteiger partial charge in [-0.1, -0.05) is 26.7 Å². The third kappa shape index (κ3) is 9.85. The van der Waals surface area contributed by atoms with Gasteiger partial charge in [0.15, 0.2) is 0 Å². The highest BCUT2D eigenvalue weighted by molar-refractivity contribution is 7.48. The second kappa shape index (κ2) is 10.8. The monoisotopic (exact) mass is 302 g/mol. The van der Waals surface area contributed by atoms with Gasteiger partial charge in [0.25, 0.3) is 0 Å². The Bertz CT molecular complexity index is 259. The average Bonchev–Trinajstić information content (AvgIpc) is 2.29. The summed E-state index contributed by atoms with van der Waals surface area (Å²) in [5.74, 6) is 0. The fourth-order valence-corrected chi connectivity index (χ4v) is 2.05. The fraction of sp³-hybridized carbons (Fsp3) is 0.900. The van der Waals surface area contributed by atoms with E-state index in [-0.39, 0.29) is 13.2 Å². The molecule has 8 heteroatoms. The molecule has 0 saturated carbocycles. The number of unbranched alkanes of at least 4 members (excludes halogenated alkanes) is 2. The first-order valence-electron chi connectivity index (χ1n) is 5.90. The maximum Gasteiger partial charge on any atom is 0.477 e. The molecule has 108 valence electrons. The van der Waals surface area contributed by atoms with Crippen LogP contribution >= 0.6 is 19.4 Å². The molecule has 0 aliphatic carbocycles. The normalized spacial score (nSPS) is 11.5. The van der Waals surface area contributed by atoms with Gasteiger partial charge in [0.05, 0.1) is 13.2 Å². The summed E-state index contributed by atoms with van der Waals surface area (Å²) in [4.78, 5) is 10.3. The van der Waals surface area contributed by atoms with Crippen LogP contribution in [0.2, 0.25) is 0 Å². The van der Waals surface area contributed by atoms with Gasteiger partial charge in [-0.2, -0.15) is 0 Å². The number of phosphoric acid groups is 1. The second-order valence-corrected chi connectivity index (χ2v) is 5.43. The zero-order chi connectivity index (χ0) is 13.9. The molecule has 0 amide bonds. The van der Waals surface area contributed by atoms with Crippen LogP contribution in [0.1, 0.15) is 39.5 Å². The first kappa shape index (κ1) is 17.9. The molecule has 0 aromatic carbocycles. The Labute approximate surface area is 112 Å². The zero-order valence-corrected chi connectivity index (χ0v) is 12.4. The topological polar surface area (TPSA) is 71.1 Å². The molecule has 0 unspecified atom stereocenters. The van der Waals surface area contributed by atoms with Gasteiger partial charge in [-0.3, -0.25) is 9.05 Å².